The molecule has 1 fully saturated rings. The Morgan fingerprint density at radius 3 is 2.91 bits per heavy atom. The third kappa shape index (κ3) is 4.93. The molecule has 1 unspecified atom stereocenters. The molecule has 2 heterocycles. The molecule has 22 heavy (non-hydrogen) atoms. The van der Waals surface area contributed by atoms with Crippen LogP contribution in [-0.4, -0.2) is 33.9 Å². The van der Waals surface area contributed by atoms with E-state index in [4.69, 9.17) is 0 Å². The van der Waals surface area contributed by atoms with Gasteiger partial charge in [0.1, 0.15) is 0 Å². The van der Waals surface area contributed by atoms with E-state index >= 15 is 0 Å². The third-order valence-electron chi connectivity index (χ3n) is 4.42. The Hall–Kier alpha value is -1.71. The van der Waals surface area contributed by atoms with Gasteiger partial charge in [-0.25, -0.2) is 0 Å². The quantitative estimate of drug-likeness (QED) is 0.757. The molecule has 1 saturated heterocycles. The van der Waals surface area contributed by atoms with E-state index in [9.17, 15) is 4.79 Å². The lowest BCUT2D eigenvalue weighted by Crippen LogP contribution is -2.46. The third-order valence-corrected chi connectivity index (χ3v) is 4.42. The fraction of sp³-hybridized carbons (Fsp3) is 0.611. The number of carbonyl (C=O) groups excluding carboxylic acids is 1. The molecule has 0 radical (unpaired) electrons. The van der Waals surface area contributed by atoms with Crippen molar-refractivity contribution in [3.63, 3.8) is 0 Å². The van der Waals surface area contributed by atoms with Crippen LogP contribution < -0.4 is 0 Å². The van der Waals surface area contributed by atoms with Crippen molar-refractivity contribution < 1.29 is 4.79 Å². The minimum absolute atomic E-state index is 0.238. The van der Waals surface area contributed by atoms with Crippen LogP contribution in [0.5, 0.6) is 0 Å². The molecule has 0 aliphatic carbocycles. The first kappa shape index (κ1) is 16.7. The van der Waals surface area contributed by atoms with E-state index in [0.29, 0.717) is 6.42 Å². The minimum Gasteiger partial charge on any atom is -0.342 e. The van der Waals surface area contributed by atoms with Gasteiger partial charge in [-0.3, -0.25) is 14.8 Å². The Bertz CT molecular complexity index is 522. The first-order chi connectivity index (χ1) is 10.5. The maximum atomic E-state index is 12.2. The summed E-state index contributed by atoms with van der Waals surface area (Å²) in [6.45, 7) is 8.20. The molecule has 1 aliphatic heterocycles. The zero-order valence-corrected chi connectivity index (χ0v) is 14.0. The molecule has 0 saturated carbocycles. The lowest BCUT2D eigenvalue weighted by Gasteiger charge is -2.40. The van der Waals surface area contributed by atoms with Crippen LogP contribution >= 0.6 is 0 Å². The van der Waals surface area contributed by atoms with Gasteiger partial charge < -0.3 is 4.90 Å². The number of allylic oxidation sites excluding steroid dienone is 2. The van der Waals surface area contributed by atoms with E-state index in [1.807, 2.05) is 4.90 Å². The summed E-state index contributed by atoms with van der Waals surface area (Å²) in [5.74, 6) is 0.281. The SMILES string of the molecule is CC(C)=CCCC1(C)CCC(=O)N(CCc2cnccn2)C1. The van der Waals surface area contributed by atoms with Crippen LogP contribution in [0.15, 0.2) is 30.2 Å². The Kier molecular flexibility index (Phi) is 5.69. The maximum absolute atomic E-state index is 12.2. The highest BCUT2D eigenvalue weighted by Crippen LogP contribution is 2.34. The normalized spacial score (nSPS) is 21.8. The monoisotopic (exact) mass is 301 g/mol. The number of likely N-dealkylation sites (tertiary alicyclic amines) is 1. The maximum Gasteiger partial charge on any atom is 0.222 e. The van der Waals surface area contributed by atoms with Crippen LogP contribution in [0.2, 0.25) is 0 Å². The smallest absolute Gasteiger partial charge is 0.222 e. The number of hydrogen-bond acceptors (Lipinski definition) is 3. The molecule has 1 atom stereocenters. The number of hydrogen-bond donors (Lipinski definition) is 0. The van der Waals surface area contributed by atoms with Crippen LogP contribution in [0.1, 0.15) is 52.1 Å². The number of carbonyl (C=O) groups is 1. The number of amides is 1. The average Bonchev–Trinajstić information content (AvgIpc) is 2.49. The van der Waals surface area contributed by atoms with Crippen molar-refractivity contribution in [2.24, 2.45) is 5.41 Å². The molecule has 0 N–H and O–H groups in total. The van der Waals surface area contributed by atoms with Crippen molar-refractivity contribution in [3.05, 3.63) is 35.9 Å². The van der Waals surface area contributed by atoms with E-state index in [1.165, 1.54) is 5.57 Å². The second kappa shape index (κ2) is 7.52. The minimum atomic E-state index is 0.238. The summed E-state index contributed by atoms with van der Waals surface area (Å²) in [5.41, 5.74) is 2.56. The van der Waals surface area contributed by atoms with Gasteiger partial charge in [-0.05, 0) is 38.5 Å². The lowest BCUT2D eigenvalue weighted by molar-refractivity contribution is -0.137. The summed E-state index contributed by atoms with van der Waals surface area (Å²) in [6.07, 6.45) is 12.2. The van der Waals surface area contributed by atoms with E-state index < -0.39 is 0 Å². The van der Waals surface area contributed by atoms with Gasteiger partial charge in [0.2, 0.25) is 5.91 Å². The van der Waals surface area contributed by atoms with Gasteiger partial charge in [-0.15, -0.1) is 0 Å². The predicted octanol–water partition coefficient (Wildman–Crippen LogP) is 3.39. The van der Waals surface area contributed by atoms with Crippen molar-refractivity contribution in [1.29, 1.82) is 0 Å². The lowest BCUT2D eigenvalue weighted by atomic mass is 9.77. The van der Waals surface area contributed by atoms with Crippen LogP contribution in [0.25, 0.3) is 0 Å². The molecule has 120 valence electrons. The number of piperidine rings is 1. The number of aromatic nitrogens is 2. The Morgan fingerprint density at radius 2 is 2.23 bits per heavy atom. The highest BCUT2D eigenvalue weighted by atomic mass is 16.2. The molecule has 1 aliphatic rings. The van der Waals surface area contributed by atoms with E-state index in [1.54, 1.807) is 18.6 Å². The van der Waals surface area contributed by atoms with E-state index in [0.717, 1.165) is 44.5 Å². The second-order valence-corrected chi connectivity index (χ2v) is 6.89. The van der Waals surface area contributed by atoms with Crippen molar-refractivity contribution in [2.75, 3.05) is 13.1 Å². The largest absolute Gasteiger partial charge is 0.342 e. The number of rotatable bonds is 6. The van der Waals surface area contributed by atoms with Gasteiger partial charge in [0.05, 0.1) is 5.69 Å². The Balaban J connectivity index is 1.90. The molecular weight excluding hydrogens is 274 g/mol. The van der Waals surface area contributed by atoms with Crippen molar-refractivity contribution >= 4 is 5.91 Å². The molecule has 0 aromatic carbocycles. The van der Waals surface area contributed by atoms with Gasteiger partial charge >= 0.3 is 0 Å². The van der Waals surface area contributed by atoms with E-state index in [-0.39, 0.29) is 11.3 Å². The van der Waals surface area contributed by atoms with Crippen molar-refractivity contribution in [3.8, 4) is 0 Å². The molecule has 1 amide bonds. The van der Waals surface area contributed by atoms with Crippen molar-refractivity contribution in [2.45, 2.75) is 52.9 Å². The van der Waals surface area contributed by atoms with Gasteiger partial charge in [0.25, 0.3) is 0 Å². The Labute approximate surface area is 133 Å². The standard InChI is InChI=1S/C18H27N3O/c1-15(2)5-4-8-18(3)9-6-17(22)21(14-18)12-7-16-13-19-10-11-20-16/h5,10-11,13H,4,6-9,12,14H2,1-3H3. The number of nitrogens with zero attached hydrogens (tertiary/aromatic N) is 3. The highest BCUT2D eigenvalue weighted by molar-refractivity contribution is 5.77. The van der Waals surface area contributed by atoms with Crippen LogP contribution in [0.3, 0.4) is 0 Å². The second-order valence-electron chi connectivity index (χ2n) is 6.89. The van der Waals surface area contributed by atoms with Crippen molar-refractivity contribution in [1.82, 2.24) is 14.9 Å². The van der Waals surface area contributed by atoms with E-state index in [2.05, 4.69) is 36.8 Å². The van der Waals surface area contributed by atoms with Gasteiger partial charge in [0, 0.05) is 44.5 Å². The van der Waals surface area contributed by atoms with Gasteiger partial charge in [-0.1, -0.05) is 18.6 Å². The summed E-state index contributed by atoms with van der Waals surface area (Å²) in [5, 5.41) is 0. The molecular formula is C18H27N3O. The fourth-order valence-electron chi connectivity index (χ4n) is 3.02. The highest BCUT2D eigenvalue weighted by Gasteiger charge is 2.34. The molecule has 1 aromatic rings. The summed E-state index contributed by atoms with van der Waals surface area (Å²) >= 11 is 0. The van der Waals surface area contributed by atoms with Gasteiger partial charge in [0.15, 0.2) is 0 Å². The summed E-state index contributed by atoms with van der Waals surface area (Å²) < 4.78 is 0. The first-order valence-corrected chi connectivity index (χ1v) is 8.15. The summed E-state index contributed by atoms with van der Waals surface area (Å²) in [7, 11) is 0. The van der Waals surface area contributed by atoms with Crippen LogP contribution in [0.4, 0.5) is 0 Å². The zero-order chi connectivity index (χ0) is 16.0. The Morgan fingerprint density at radius 1 is 1.41 bits per heavy atom. The topological polar surface area (TPSA) is 46.1 Å². The molecule has 2 rings (SSSR count). The molecule has 0 bridgehead atoms. The molecule has 4 nitrogen and oxygen atoms in total. The first-order valence-electron chi connectivity index (χ1n) is 8.15. The van der Waals surface area contributed by atoms with Crippen LogP contribution in [0, 0.1) is 5.41 Å². The predicted molar refractivity (Wildman–Crippen MR) is 88.3 cm³/mol. The average molecular weight is 301 g/mol. The molecule has 0 spiro atoms. The van der Waals surface area contributed by atoms with Crippen LogP contribution in [-0.2, 0) is 11.2 Å². The van der Waals surface area contributed by atoms with Gasteiger partial charge in [-0.2, -0.15) is 0 Å². The molecule has 4 heteroatoms. The fourth-order valence-corrected chi connectivity index (χ4v) is 3.02. The summed E-state index contributed by atoms with van der Waals surface area (Å²) in [6, 6.07) is 0. The summed E-state index contributed by atoms with van der Waals surface area (Å²) in [4.78, 5) is 22.5. The zero-order valence-electron chi connectivity index (χ0n) is 14.0. The molecule has 1 aromatic heterocycles.